The quantitative estimate of drug-likeness (QED) is 0.886. The van der Waals surface area contributed by atoms with E-state index in [9.17, 15) is 0 Å². The maximum absolute atomic E-state index is 6.16. The van der Waals surface area contributed by atoms with Gasteiger partial charge in [0, 0.05) is 11.4 Å². The van der Waals surface area contributed by atoms with E-state index in [1.807, 2.05) is 18.2 Å². The lowest BCUT2D eigenvalue weighted by molar-refractivity contribution is 0.357. The van der Waals surface area contributed by atoms with E-state index in [-0.39, 0.29) is 6.04 Å². The number of halogens is 1. The van der Waals surface area contributed by atoms with Gasteiger partial charge < -0.3 is 10.1 Å². The first-order valence-corrected chi connectivity index (χ1v) is 7.90. The highest BCUT2D eigenvalue weighted by atomic mass is 35.5. The van der Waals surface area contributed by atoms with Gasteiger partial charge >= 0.3 is 0 Å². The molecule has 1 aliphatic heterocycles. The Bertz CT molecular complexity index is 626. The zero-order chi connectivity index (χ0) is 14.7. The highest BCUT2D eigenvalue weighted by molar-refractivity contribution is 6.30. The molecule has 0 radical (unpaired) electrons. The molecule has 1 aliphatic rings. The average molecular weight is 302 g/mol. The molecule has 3 rings (SSSR count). The van der Waals surface area contributed by atoms with E-state index in [0.717, 1.165) is 36.8 Å². The van der Waals surface area contributed by atoms with Crippen LogP contribution in [0.1, 0.15) is 36.1 Å². The summed E-state index contributed by atoms with van der Waals surface area (Å²) in [7, 11) is 0. The van der Waals surface area contributed by atoms with Crippen molar-refractivity contribution >= 4 is 11.6 Å². The molecule has 0 bridgehead atoms. The summed E-state index contributed by atoms with van der Waals surface area (Å²) < 4.78 is 5.60. The Labute approximate surface area is 131 Å². The minimum absolute atomic E-state index is 0.176. The van der Waals surface area contributed by atoms with Crippen LogP contribution in [0.3, 0.4) is 0 Å². The van der Waals surface area contributed by atoms with Gasteiger partial charge in [-0.25, -0.2) is 0 Å². The van der Waals surface area contributed by atoms with E-state index >= 15 is 0 Å². The molecule has 1 unspecified atom stereocenters. The van der Waals surface area contributed by atoms with Crippen LogP contribution < -0.4 is 10.1 Å². The fourth-order valence-electron chi connectivity index (χ4n) is 2.79. The molecule has 0 saturated heterocycles. The number of fused-ring (bicyclic) bond motifs is 1. The van der Waals surface area contributed by atoms with Crippen LogP contribution in [-0.2, 0) is 6.42 Å². The summed E-state index contributed by atoms with van der Waals surface area (Å²) in [6, 6.07) is 14.8. The zero-order valence-corrected chi connectivity index (χ0v) is 13.0. The van der Waals surface area contributed by atoms with Crippen molar-refractivity contribution in [3.8, 4) is 5.75 Å². The van der Waals surface area contributed by atoms with Gasteiger partial charge in [0.1, 0.15) is 5.75 Å². The molecule has 0 fully saturated rings. The Morgan fingerprint density at radius 3 is 2.86 bits per heavy atom. The summed E-state index contributed by atoms with van der Waals surface area (Å²) in [4.78, 5) is 0. The second-order valence-electron chi connectivity index (χ2n) is 5.41. The minimum Gasteiger partial charge on any atom is -0.493 e. The van der Waals surface area contributed by atoms with Gasteiger partial charge in [0.15, 0.2) is 0 Å². The molecule has 2 nitrogen and oxygen atoms in total. The summed E-state index contributed by atoms with van der Waals surface area (Å²) >= 11 is 6.16. The lowest BCUT2D eigenvalue weighted by atomic mass is 9.96. The number of ether oxygens (including phenoxy) is 1. The standard InChI is InChI=1S/C18H20ClNO/c1-2-9-20-18(14-4-3-5-16(19)12-14)15-6-7-17-13(11-15)8-10-21-17/h3-7,11-12,18,20H,2,8-10H2,1H3. The topological polar surface area (TPSA) is 21.3 Å². The molecular weight excluding hydrogens is 282 g/mol. The summed E-state index contributed by atoms with van der Waals surface area (Å²) in [5.74, 6) is 1.03. The van der Waals surface area contributed by atoms with Gasteiger partial charge in [0.2, 0.25) is 0 Å². The summed E-state index contributed by atoms with van der Waals surface area (Å²) in [5, 5.41) is 4.40. The molecule has 0 spiro atoms. The highest BCUT2D eigenvalue weighted by Gasteiger charge is 2.18. The molecule has 21 heavy (non-hydrogen) atoms. The third-order valence-corrected chi connectivity index (χ3v) is 4.06. The maximum atomic E-state index is 6.16. The molecule has 1 N–H and O–H groups in total. The number of nitrogens with one attached hydrogen (secondary N) is 1. The molecular formula is C18H20ClNO. The molecule has 1 atom stereocenters. The smallest absolute Gasteiger partial charge is 0.122 e. The zero-order valence-electron chi connectivity index (χ0n) is 12.2. The van der Waals surface area contributed by atoms with Crippen LogP contribution in [0.4, 0.5) is 0 Å². The summed E-state index contributed by atoms with van der Waals surface area (Å²) in [5.41, 5.74) is 3.78. The Balaban J connectivity index is 1.95. The van der Waals surface area contributed by atoms with Crippen LogP contribution in [0.15, 0.2) is 42.5 Å². The molecule has 2 aromatic carbocycles. The van der Waals surface area contributed by atoms with E-state index in [0.29, 0.717) is 0 Å². The monoisotopic (exact) mass is 301 g/mol. The second kappa shape index (κ2) is 6.50. The molecule has 0 saturated carbocycles. The van der Waals surface area contributed by atoms with Gasteiger partial charge in [0.05, 0.1) is 12.6 Å². The van der Waals surface area contributed by atoms with E-state index < -0.39 is 0 Å². The normalized spacial score (nSPS) is 14.6. The first-order chi connectivity index (χ1) is 10.3. The number of hydrogen-bond donors (Lipinski definition) is 1. The SMILES string of the molecule is CCCNC(c1cccc(Cl)c1)c1ccc2c(c1)CCO2. The van der Waals surface area contributed by atoms with Gasteiger partial charge in [0.25, 0.3) is 0 Å². The molecule has 2 aromatic rings. The van der Waals surface area contributed by atoms with E-state index in [1.165, 1.54) is 16.7 Å². The van der Waals surface area contributed by atoms with E-state index in [4.69, 9.17) is 16.3 Å². The van der Waals surface area contributed by atoms with Crippen molar-refractivity contribution in [3.63, 3.8) is 0 Å². The van der Waals surface area contributed by atoms with E-state index in [2.05, 4.69) is 36.5 Å². The van der Waals surface area contributed by atoms with Crippen molar-refractivity contribution in [3.05, 3.63) is 64.2 Å². The van der Waals surface area contributed by atoms with Gasteiger partial charge in [-0.15, -0.1) is 0 Å². The van der Waals surface area contributed by atoms with Crippen molar-refractivity contribution in [2.75, 3.05) is 13.2 Å². The number of rotatable bonds is 5. The van der Waals surface area contributed by atoms with Crippen molar-refractivity contribution in [1.29, 1.82) is 0 Å². The third-order valence-electron chi connectivity index (χ3n) is 3.83. The lowest BCUT2D eigenvalue weighted by Gasteiger charge is -2.20. The first-order valence-electron chi connectivity index (χ1n) is 7.52. The third kappa shape index (κ3) is 3.22. The molecule has 0 aromatic heterocycles. The van der Waals surface area contributed by atoms with Crippen LogP contribution in [-0.4, -0.2) is 13.2 Å². The average Bonchev–Trinajstić information content (AvgIpc) is 2.95. The van der Waals surface area contributed by atoms with Crippen LogP contribution in [0, 0.1) is 0 Å². The molecule has 3 heteroatoms. The van der Waals surface area contributed by atoms with E-state index in [1.54, 1.807) is 0 Å². The predicted octanol–water partition coefficient (Wildman–Crippen LogP) is 4.36. The number of benzene rings is 2. The van der Waals surface area contributed by atoms with Crippen LogP contribution in [0.5, 0.6) is 5.75 Å². The van der Waals surface area contributed by atoms with Crippen molar-refractivity contribution in [2.45, 2.75) is 25.8 Å². The van der Waals surface area contributed by atoms with Gasteiger partial charge in [-0.05, 0) is 47.9 Å². The molecule has 1 heterocycles. The Hall–Kier alpha value is -1.51. The predicted molar refractivity (Wildman–Crippen MR) is 87.2 cm³/mol. The summed E-state index contributed by atoms with van der Waals surface area (Å²) in [6.45, 7) is 3.95. The second-order valence-corrected chi connectivity index (χ2v) is 5.84. The van der Waals surface area contributed by atoms with Crippen LogP contribution in [0.25, 0.3) is 0 Å². The Morgan fingerprint density at radius 2 is 2.05 bits per heavy atom. The fourth-order valence-corrected chi connectivity index (χ4v) is 2.99. The summed E-state index contributed by atoms with van der Waals surface area (Å²) in [6.07, 6.45) is 2.10. The van der Waals surface area contributed by atoms with Crippen molar-refractivity contribution in [2.24, 2.45) is 0 Å². The maximum Gasteiger partial charge on any atom is 0.122 e. The van der Waals surface area contributed by atoms with Crippen molar-refractivity contribution in [1.82, 2.24) is 5.32 Å². The molecule has 0 amide bonds. The van der Waals surface area contributed by atoms with Gasteiger partial charge in [-0.2, -0.15) is 0 Å². The van der Waals surface area contributed by atoms with Crippen LogP contribution in [0.2, 0.25) is 5.02 Å². The lowest BCUT2D eigenvalue weighted by Crippen LogP contribution is -2.23. The number of hydrogen-bond acceptors (Lipinski definition) is 2. The Kier molecular flexibility index (Phi) is 4.47. The van der Waals surface area contributed by atoms with Crippen molar-refractivity contribution < 1.29 is 4.74 Å². The highest BCUT2D eigenvalue weighted by Crippen LogP contribution is 2.31. The van der Waals surface area contributed by atoms with Gasteiger partial charge in [-0.1, -0.05) is 42.8 Å². The molecule has 0 aliphatic carbocycles. The minimum atomic E-state index is 0.176. The van der Waals surface area contributed by atoms with Crippen LogP contribution >= 0.6 is 11.6 Å². The van der Waals surface area contributed by atoms with Gasteiger partial charge in [-0.3, -0.25) is 0 Å². The largest absolute Gasteiger partial charge is 0.493 e. The Morgan fingerprint density at radius 1 is 1.19 bits per heavy atom. The first kappa shape index (κ1) is 14.4. The fraction of sp³-hybridized carbons (Fsp3) is 0.333. The molecule has 110 valence electrons.